The molecule has 0 atom stereocenters. The smallest absolute Gasteiger partial charge is 0.303 e. The van der Waals surface area contributed by atoms with Gasteiger partial charge in [0, 0.05) is 59.6 Å². The number of allylic oxidation sites excluding steroid dienone is 6. The van der Waals surface area contributed by atoms with E-state index in [1.54, 1.807) is 0 Å². The van der Waals surface area contributed by atoms with Gasteiger partial charge in [-0.25, -0.2) is 8.42 Å². The van der Waals surface area contributed by atoms with Gasteiger partial charge in [0.2, 0.25) is 5.69 Å². The van der Waals surface area contributed by atoms with E-state index in [2.05, 4.69) is 86.6 Å². The number of unbranched alkanes of at least 4 members (excludes halogenated alkanes) is 1. The number of anilines is 1. The molecule has 0 radical (unpaired) electrons. The highest BCUT2D eigenvalue weighted by molar-refractivity contribution is 7.85. The number of carboxylic acids is 1. The Morgan fingerprint density at radius 2 is 1.74 bits per heavy atom. The van der Waals surface area contributed by atoms with Crippen molar-refractivity contribution < 1.29 is 27.4 Å². The first kappa shape index (κ1) is 31.4. The van der Waals surface area contributed by atoms with Crippen molar-refractivity contribution in [2.45, 2.75) is 71.1 Å². The number of benzene rings is 2. The maximum Gasteiger partial charge on any atom is 0.303 e. The standard InChI is InChI=1S/C34H42N2O5S/c1-6-35-29-20-18-25(19-21-32(37)38)24-27(29)34(4,5)30(35)16-8-7-9-17-31-33(2,3)26-14-10-11-15-28(26)36(31)22-12-13-23-42(39,40)41/h7-11,14-18,20,24H,6,12-13,19,21-23H2,1-5H3,(H-,37,38,39,40,41). The molecule has 0 amide bonds. The zero-order chi connectivity index (χ0) is 30.7. The summed E-state index contributed by atoms with van der Waals surface area (Å²) < 4.78 is 35.5. The normalized spacial score (nSPS) is 18.4. The second kappa shape index (κ2) is 12.4. The summed E-state index contributed by atoms with van der Waals surface area (Å²) in [6.07, 6.45) is 12.0. The number of carbonyl (C=O) groups is 1. The minimum absolute atomic E-state index is 0.120. The third-order valence-corrected chi connectivity index (χ3v) is 9.24. The number of likely N-dealkylation sites (N-methyl/N-ethyl adjacent to an activating group) is 1. The van der Waals surface area contributed by atoms with E-state index in [1.807, 2.05) is 30.4 Å². The molecule has 0 spiro atoms. The number of hydrogen-bond acceptors (Lipinski definition) is 5. The van der Waals surface area contributed by atoms with Crippen LogP contribution in [0.2, 0.25) is 0 Å². The topological polar surface area (TPSA) is 101 Å². The first-order valence-corrected chi connectivity index (χ1v) is 16.2. The molecule has 42 heavy (non-hydrogen) atoms. The molecule has 2 aliphatic rings. The number of para-hydroxylation sites is 1. The highest BCUT2D eigenvalue weighted by Gasteiger charge is 2.44. The fraction of sp³-hybridized carbons (Fsp3) is 0.412. The largest absolute Gasteiger partial charge is 0.748 e. The van der Waals surface area contributed by atoms with Gasteiger partial charge in [-0.15, -0.1) is 0 Å². The van der Waals surface area contributed by atoms with Crippen molar-refractivity contribution >= 4 is 33.2 Å². The lowest BCUT2D eigenvalue weighted by atomic mass is 9.81. The van der Waals surface area contributed by atoms with Crippen LogP contribution < -0.4 is 4.90 Å². The Morgan fingerprint density at radius 3 is 2.43 bits per heavy atom. The summed E-state index contributed by atoms with van der Waals surface area (Å²) in [6.45, 7) is 12.4. The maximum atomic E-state index is 11.1. The molecule has 0 unspecified atom stereocenters. The Hall–Kier alpha value is -3.49. The molecule has 224 valence electrons. The predicted molar refractivity (Wildman–Crippen MR) is 168 cm³/mol. The number of nitrogens with zero attached hydrogens (tertiary/aromatic N) is 2. The van der Waals surface area contributed by atoms with E-state index in [0.717, 1.165) is 23.5 Å². The van der Waals surface area contributed by atoms with Crippen molar-refractivity contribution in [3.63, 3.8) is 0 Å². The zero-order valence-corrected chi connectivity index (χ0v) is 26.1. The van der Waals surface area contributed by atoms with Crippen LogP contribution in [0.5, 0.6) is 0 Å². The van der Waals surface area contributed by atoms with Gasteiger partial charge in [0.15, 0.2) is 5.71 Å². The minimum atomic E-state index is -4.21. The van der Waals surface area contributed by atoms with Crippen molar-refractivity contribution in [1.82, 2.24) is 0 Å². The van der Waals surface area contributed by atoms with Crippen molar-refractivity contribution in [2.24, 2.45) is 0 Å². The number of hydrogen-bond donors (Lipinski definition) is 1. The van der Waals surface area contributed by atoms with Gasteiger partial charge in [-0.2, -0.15) is 4.58 Å². The Bertz CT molecular complexity index is 1580. The lowest BCUT2D eigenvalue weighted by Crippen LogP contribution is -2.28. The number of fused-ring (bicyclic) bond motifs is 2. The van der Waals surface area contributed by atoms with Gasteiger partial charge in [-0.05, 0) is 56.9 Å². The molecule has 0 bridgehead atoms. The van der Waals surface area contributed by atoms with Crippen LogP contribution in [0.1, 0.15) is 70.6 Å². The number of aryl methyl sites for hydroxylation is 1. The summed E-state index contributed by atoms with van der Waals surface area (Å²) in [6, 6.07) is 14.6. The Morgan fingerprint density at radius 1 is 1.00 bits per heavy atom. The lowest BCUT2D eigenvalue weighted by molar-refractivity contribution is -0.438. The van der Waals surface area contributed by atoms with E-state index in [9.17, 15) is 17.8 Å². The summed E-state index contributed by atoms with van der Waals surface area (Å²) >= 11 is 0. The van der Waals surface area contributed by atoms with Crippen LogP contribution in [0, 0.1) is 0 Å². The van der Waals surface area contributed by atoms with E-state index >= 15 is 0 Å². The fourth-order valence-corrected chi connectivity index (χ4v) is 6.82. The second-order valence-electron chi connectivity index (χ2n) is 12.1. The van der Waals surface area contributed by atoms with Crippen LogP contribution in [-0.4, -0.2) is 53.2 Å². The molecule has 1 N–H and O–H groups in total. The molecule has 0 saturated carbocycles. The molecule has 0 fully saturated rings. The van der Waals surface area contributed by atoms with Crippen LogP contribution in [0.3, 0.4) is 0 Å². The van der Waals surface area contributed by atoms with Crippen molar-refractivity contribution in [2.75, 3.05) is 23.7 Å². The molecule has 2 aliphatic heterocycles. The molecule has 8 heteroatoms. The van der Waals surface area contributed by atoms with Crippen LogP contribution in [0.15, 0.2) is 78.5 Å². The molecular formula is C34H42N2O5S. The monoisotopic (exact) mass is 590 g/mol. The number of aliphatic carboxylic acids is 1. The van der Waals surface area contributed by atoms with Crippen LogP contribution in [0.4, 0.5) is 11.4 Å². The van der Waals surface area contributed by atoms with Gasteiger partial charge >= 0.3 is 5.97 Å². The first-order chi connectivity index (χ1) is 19.8. The third-order valence-electron chi connectivity index (χ3n) is 8.46. The fourth-order valence-electron chi connectivity index (χ4n) is 6.26. The average Bonchev–Trinajstić information content (AvgIpc) is 3.27. The molecule has 2 heterocycles. The van der Waals surface area contributed by atoms with Gasteiger partial charge in [0.05, 0.1) is 15.5 Å². The van der Waals surface area contributed by atoms with Crippen molar-refractivity contribution in [3.05, 3.63) is 95.2 Å². The van der Waals surface area contributed by atoms with Crippen molar-refractivity contribution in [1.29, 1.82) is 0 Å². The predicted octanol–water partition coefficient (Wildman–Crippen LogP) is 6.22. The van der Waals surface area contributed by atoms with Crippen LogP contribution >= 0.6 is 0 Å². The first-order valence-electron chi connectivity index (χ1n) is 14.6. The average molecular weight is 591 g/mol. The molecule has 0 saturated heterocycles. The van der Waals surface area contributed by atoms with E-state index in [1.165, 1.54) is 22.5 Å². The Balaban J connectivity index is 1.57. The number of carboxylic acid groups (broad SMARTS) is 1. The van der Waals surface area contributed by atoms with E-state index in [-0.39, 0.29) is 23.0 Å². The molecule has 7 nitrogen and oxygen atoms in total. The third kappa shape index (κ3) is 6.60. The summed E-state index contributed by atoms with van der Waals surface area (Å²) in [7, 11) is -4.21. The second-order valence-corrected chi connectivity index (χ2v) is 13.6. The maximum absolute atomic E-state index is 11.1. The zero-order valence-electron chi connectivity index (χ0n) is 25.3. The molecule has 0 aromatic heterocycles. The molecule has 2 aromatic carbocycles. The molecule has 4 rings (SSSR count). The Labute approximate surface area is 250 Å². The van der Waals surface area contributed by atoms with Gasteiger partial charge in [0.25, 0.3) is 0 Å². The van der Waals surface area contributed by atoms with E-state index in [4.69, 9.17) is 5.11 Å². The molecule has 2 aromatic rings. The van der Waals surface area contributed by atoms with Gasteiger partial charge in [0.1, 0.15) is 6.54 Å². The summed E-state index contributed by atoms with van der Waals surface area (Å²) in [4.78, 5) is 13.4. The van der Waals surface area contributed by atoms with Gasteiger partial charge < -0.3 is 14.6 Å². The van der Waals surface area contributed by atoms with E-state index in [0.29, 0.717) is 25.8 Å². The van der Waals surface area contributed by atoms with Crippen molar-refractivity contribution in [3.8, 4) is 0 Å². The van der Waals surface area contributed by atoms with Gasteiger partial charge in [-0.1, -0.05) is 62.4 Å². The minimum Gasteiger partial charge on any atom is -0.748 e. The van der Waals surface area contributed by atoms with Crippen LogP contribution in [-0.2, 0) is 32.2 Å². The summed E-state index contributed by atoms with van der Waals surface area (Å²) in [5.41, 5.74) is 7.62. The van der Waals surface area contributed by atoms with Crippen LogP contribution in [0.25, 0.3) is 0 Å². The van der Waals surface area contributed by atoms with Gasteiger partial charge in [-0.3, -0.25) is 4.79 Å². The quantitative estimate of drug-likeness (QED) is 0.136. The summed E-state index contributed by atoms with van der Waals surface area (Å²) in [5.74, 6) is -1.13. The number of rotatable bonds is 12. The molecule has 0 aliphatic carbocycles. The Kier molecular flexibility index (Phi) is 9.28. The lowest BCUT2D eigenvalue weighted by Gasteiger charge is -2.25. The molecular weight excluding hydrogens is 548 g/mol. The summed E-state index contributed by atoms with van der Waals surface area (Å²) in [5, 5.41) is 9.10. The highest BCUT2D eigenvalue weighted by Crippen LogP contribution is 2.48. The van der Waals surface area contributed by atoms with E-state index < -0.39 is 16.1 Å². The SMILES string of the molecule is CCN1/C(=C/C=C/C=C/C2=[N+](CCCCS(=O)(=O)[O-])c3ccccc3C2(C)C)C(C)(C)c2cc(CCC(=O)O)ccc21. The highest BCUT2D eigenvalue weighted by atomic mass is 32.2.